The van der Waals surface area contributed by atoms with Gasteiger partial charge in [-0.2, -0.15) is 0 Å². The third-order valence-electron chi connectivity index (χ3n) is 3.22. The number of hydrogen-bond donors (Lipinski definition) is 1. The van der Waals surface area contributed by atoms with Crippen LogP contribution in [0.5, 0.6) is 5.75 Å². The summed E-state index contributed by atoms with van der Waals surface area (Å²) in [7, 11) is 1.67. The van der Waals surface area contributed by atoms with Crippen LogP contribution in [0.15, 0.2) is 17.1 Å². The average molecular weight is 263 g/mol. The number of ether oxygens (including phenoxy) is 1. The van der Waals surface area contributed by atoms with Gasteiger partial charge in [-0.3, -0.25) is 9.89 Å². The van der Waals surface area contributed by atoms with Gasteiger partial charge in [-0.15, -0.1) is 0 Å². The highest BCUT2D eigenvalue weighted by Crippen LogP contribution is 2.14. The van der Waals surface area contributed by atoms with Crippen LogP contribution >= 0.6 is 0 Å². The predicted molar refractivity (Wildman–Crippen MR) is 75.0 cm³/mol. The summed E-state index contributed by atoms with van der Waals surface area (Å²) < 4.78 is 5.32. The molecule has 5 heteroatoms. The maximum absolute atomic E-state index is 9.62. The summed E-state index contributed by atoms with van der Waals surface area (Å²) in [6, 6.07) is 3.57. The van der Waals surface area contributed by atoms with Crippen LogP contribution in [0.1, 0.15) is 17.8 Å². The van der Waals surface area contributed by atoms with Gasteiger partial charge < -0.3 is 9.84 Å². The molecular weight excluding hydrogens is 242 g/mol. The Balaban J connectivity index is 1.83. The molecule has 19 heavy (non-hydrogen) atoms. The molecule has 2 rings (SSSR count). The Morgan fingerprint density at radius 3 is 2.95 bits per heavy atom. The first-order valence-electron chi connectivity index (χ1n) is 6.71. The van der Waals surface area contributed by atoms with E-state index in [-0.39, 0.29) is 5.75 Å². The van der Waals surface area contributed by atoms with E-state index < -0.39 is 0 Å². The molecule has 1 fully saturated rings. The Morgan fingerprint density at radius 2 is 2.21 bits per heavy atom. The number of aromatic hydroxyl groups is 1. The van der Waals surface area contributed by atoms with Crippen LogP contribution in [-0.4, -0.2) is 61.1 Å². The summed E-state index contributed by atoms with van der Waals surface area (Å²) in [5.74, 6) is 0.183. The maximum Gasteiger partial charge on any atom is 0.142 e. The molecule has 5 nitrogen and oxygen atoms in total. The molecule has 1 aromatic rings. The van der Waals surface area contributed by atoms with Crippen LogP contribution in [0.3, 0.4) is 0 Å². The van der Waals surface area contributed by atoms with Gasteiger partial charge >= 0.3 is 0 Å². The summed E-state index contributed by atoms with van der Waals surface area (Å²) in [6.07, 6.45) is 3.57. The number of rotatable bonds is 5. The standard InChI is InChI=1S/C14H21N3O2/c1-15-11-13-14(18)5-4-12(16-13)3-2-6-17-7-9-19-10-8-17/h4-5,11,18H,2-3,6-10H2,1H3/b15-11+. The summed E-state index contributed by atoms with van der Waals surface area (Å²) in [4.78, 5) is 10.7. The molecule has 2 heterocycles. The lowest BCUT2D eigenvalue weighted by Gasteiger charge is -2.26. The Bertz CT molecular complexity index is 429. The van der Waals surface area contributed by atoms with Gasteiger partial charge in [-0.05, 0) is 31.5 Å². The zero-order chi connectivity index (χ0) is 13.5. The van der Waals surface area contributed by atoms with Gasteiger partial charge in [0, 0.05) is 25.8 Å². The van der Waals surface area contributed by atoms with Crippen LogP contribution in [0.25, 0.3) is 0 Å². The molecule has 1 aliphatic rings. The number of morpholine rings is 1. The largest absolute Gasteiger partial charge is 0.506 e. The fourth-order valence-corrected chi connectivity index (χ4v) is 2.17. The van der Waals surface area contributed by atoms with Gasteiger partial charge in [0.1, 0.15) is 11.4 Å². The van der Waals surface area contributed by atoms with E-state index in [1.165, 1.54) is 0 Å². The molecule has 0 spiro atoms. The Hall–Kier alpha value is -1.46. The summed E-state index contributed by atoms with van der Waals surface area (Å²) in [5, 5.41) is 9.62. The number of aliphatic imine (C=N–C) groups is 1. The lowest BCUT2D eigenvalue weighted by Crippen LogP contribution is -2.36. The van der Waals surface area contributed by atoms with Crippen LogP contribution in [0, 0.1) is 0 Å². The lowest BCUT2D eigenvalue weighted by atomic mass is 10.2. The minimum absolute atomic E-state index is 0.183. The molecule has 0 aromatic carbocycles. The van der Waals surface area contributed by atoms with Crippen molar-refractivity contribution in [2.45, 2.75) is 12.8 Å². The molecule has 0 amide bonds. The van der Waals surface area contributed by atoms with Gasteiger partial charge in [0.15, 0.2) is 0 Å². The van der Waals surface area contributed by atoms with Crippen molar-refractivity contribution < 1.29 is 9.84 Å². The Morgan fingerprint density at radius 1 is 1.42 bits per heavy atom. The van der Waals surface area contributed by atoms with Crippen molar-refractivity contribution in [3.63, 3.8) is 0 Å². The zero-order valence-corrected chi connectivity index (χ0v) is 11.4. The second-order valence-corrected chi connectivity index (χ2v) is 4.65. The summed E-state index contributed by atoms with van der Waals surface area (Å²) >= 11 is 0. The first-order valence-corrected chi connectivity index (χ1v) is 6.71. The van der Waals surface area contributed by atoms with Gasteiger partial charge in [-0.25, -0.2) is 4.98 Å². The van der Waals surface area contributed by atoms with Crippen molar-refractivity contribution in [2.24, 2.45) is 4.99 Å². The van der Waals surface area contributed by atoms with Gasteiger partial charge in [0.05, 0.1) is 19.4 Å². The quantitative estimate of drug-likeness (QED) is 0.808. The lowest BCUT2D eigenvalue weighted by molar-refractivity contribution is 0.0374. The molecule has 0 aliphatic carbocycles. The predicted octanol–water partition coefficient (Wildman–Crippen LogP) is 1.10. The smallest absolute Gasteiger partial charge is 0.142 e. The first kappa shape index (κ1) is 14.0. The van der Waals surface area contributed by atoms with Gasteiger partial charge in [0.2, 0.25) is 0 Å². The third kappa shape index (κ3) is 4.29. The maximum atomic E-state index is 9.62. The fourth-order valence-electron chi connectivity index (χ4n) is 2.17. The number of nitrogens with zero attached hydrogens (tertiary/aromatic N) is 3. The molecule has 1 saturated heterocycles. The number of hydrogen-bond acceptors (Lipinski definition) is 5. The number of aromatic nitrogens is 1. The van der Waals surface area contributed by atoms with E-state index in [9.17, 15) is 5.11 Å². The highest BCUT2D eigenvalue weighted by Gasteiger charge is 2.10. The topological polar surface area (TPSA) is 58.0 Å². The number of pyridine rings is 1. The minimum Gasteiger partial charge on any atom is -0.506 e. The summed E-state index contributed by atoms with van der Waals surface area (Å²) in [6.45, 7) is 4.81. The molecule has 0 radical (unpaired) electrons. The van der Waals surface area contributed by atoms with Crippen molar-refractivity contribution in [3.05, 3.63) is 23.5 Å². The molecule has 0 unspecified atom stereocenters. The average Bonchev–Trinajstić information content (AvgIpc) is 2.44. The molecule has 1 aromatic heterocycles. The molecule has 0 bridgehead atoms. The Labute approximate surface area is 113 Å². The Kier molecular flexibility index (Phi) is 5.30. The van der Waals surface area contributed by atoms with Gasteiger partial charge in [-0.1, -0.05) is 0 Å². The SMILES string of the molecule is C/N=C/c1nc(CCCN2CCOCC2)ccc1O. The molecule has 104 valence electrons. The minimum atomic E-state index is 0.183. The number of aryl methyl sites for hydroxylation is 1. The first-order chi connectivity index (χ1) is 9.29. The molecule has 0 saturated carbocycles. The summed E-state index contributed by atoms with van der Waals surface area (Å²) in [5.41, 5.74) is 1.55. The van der Waals surface area contributed by atoms with Crippen molar-refractivity contribution in [1.29, 1.82) is 0 Å². The van der Waals surface area contributed by atoms with E-state index in [4.69, 9.17) is 4.74 Å². The third-order valence-corrected chi connectivity index (χ3v) is 3.22. The highest BCUT2D eigenvalue weighted by molar-refractivity contribution is 5.80. The second-order valence-electron chi connectivity index (χ2n) is 4.65. The fraction of sp³-hybridized carbons (Fsp3) is 0.571. The van der Waals surface area contributed by atoms with Crippen molar-refractivity contribution in [3.8, 4) is 5.75 Å². The molecular formula is C14H21N3O2. The van der Waals surface area contributed by atoms with E-state index in [0.717, 1.165) is 51.4 Å². The normalized spacial score (nSPS) is 17.1. The van der Waals surface area contributed by atoms with Crippen molar-refractivity contribution in [1.82, 2.24) is 9.88 Å². The van der Waals surface area contributed by atoms with E-state index in [1.807, 2.05) is 6.07 Å². The van der Waals surface area contributed by atoms with Crippen LogP contribution in [0.2, 0.25) is 0 Å². The van der Waals surface area contributed by atoms with E-state index in [1.54, 1.807) is 19.3 Å². The van der Waals surface area contributed by atoms with Crippen molar-refractivity contribution >= 4 is 6.21 Å². The molecule has 0 atom stereocenters. The van der Waals surface area contributed by atoms with Crippen LogP contribution in [0.4, 0.5) is 0 Å². The highest BCUT2D eigenvalue weighted by atomic mass is 16.5. The second kappa shape index (κ2) is 7.21. The zero-order valence-electron chi connectivity index (χ0n) is 11.4. The van der Waals surface area contributed by atoms with Crippen molar-refractivity contribution in [2.75, 3.05) is 39.9 Å². The van der Waals surface area contributed by atoms with Crippen LogP contribution < -0.4 is 0 Å². The van der Waals surface area contributed by atoms with E-state index in [2.05, 4.69) is 14.9 Å². The van der Waals surface area contributed by atoms with Crippen LogP contribution in [-0.2, 0) is 11.2 Å². The van der Waals surface area contributed by atoms with Gasteiger partial charge in [0.25, 0.3) is 0 Å². The van der Waals surface area contributed by atoms with E-state index >= 15 is 0 Å². The monoisotopic (exact) mass is 263 g/mol. The van der Waals surface area contributed by atoms with E-state index in [0.29, 0.717) is 5.69 Å². The molecule has 1 aliphatic heterocycles. The molecule has 1 N–H and O–H groups in total.